The highest BCUT2D eigenvalue weighted by Gasteiger charge is 2.35. The fraction of sp³-hybridized carbons (Fsp3) is 1.00. The van der Waals surface area contributed by atoms with Gasteiger partial charge < -0.3 is 9.05 Å². The monoisotopic (exact) mass is 293 g/mol. The summed E-state index contributed by atoms with van der Waals surface area (Å²) in [4.78, 5) is 9.76. The predicted molar refractivity (Wildman–Crippen MR) is 62.3 cm³/mol. The lowest BCUT2D eigenvalue weighted by atomic mass is 10.5. The van der Waals surface area contributed by atoms with Gasteiger partial charge in [-0.2, -0.15) is 0 Å². The number of nitrogens with zero attached hydrogens (tertiary/aromatic N) is 1. The smallest absolute Gasteiger partial charge is 0.307 e. The van der Waals surface area contributed by atoms with Crippen LogP contribution in [-0.4, -0.2) is 42.1 Å². The topological polar surface area (TPSA) is 78.7 Å². The molecule has 0 fully saturated rings. The third-order valence-corrected chi connectivity index (χ3v) is 4.29. The SMILES string of the molecule is CC(C[N+](=O)[O-])P(=O)(OCCCl)OCCCl. The van der Waals surface area contributed by atoms with Crippen LogP contribution in [0, 0.1) is 10.1 Å². The Morgan fingerprint density at radius 3 is 2.06 bits per heavy atom. The summed E-state index contributed by atoms with van der Waals surface area (Å²) in [5, 5.41) is 10.3. The van der Waals surface area contributed by atoms with Crippen LogP contribution in [0.3, 0.4) is 0 Å². The molecule has 1 atom stereocenters. The second kappa shape index (κ2) is 8.25. The number of halogens is 2. The van der Waals surface area contributed by atoms with Crippen molar-refractivity contribution in [3.63, 3.8) is 0 Å². The minimum absolute atomic E-state index is 0.0170. The molecule has 0 amide bonds. The maximum atomic E-state index is 12.1. The molecule has 6 nitrogen and oxygen atoms in total. The quantitative estimate of drug-likeness (QED) is 0.282. The zero-order valence-electron chi connectivity index (χ0n) is 8.80. The van der Waals surface area contributed by atoms with Crippen molar-refractivity contribution in [1.29, 1.82) is 0 Å². The summed E-state index contributed by atoms with van der Waals surface area (Å²) in [6, 6.07) is 0. The molecule has 0 saturated heterocycles. The van der Waals surface area contributed by atoms with E-state index in [0.717, 1.165) is 0 Å². The molecule has 0 spiro atoms. The standard InChI is InChI=1S/C7H14Cl2NO5P/c1-7(6-10(11)12)16(13,14-4-2-8)15-5-3-9/h7H,2-6H2,1H3. The van der Waals surface area contributed by atoms with E-state index in [1.54, 1.807) is 0 Å². The van der Waals surface area contributed by atoms with Gasteiger partial charge in [-0.15, -0.1) is 23.2 Å². The Kier molecular flexibility index (Phi) is 8.32. The number of hydrogen-bond acceptors (Lipinski definition) is 5. The fourth-order valence-corrected chi connectivity index (χ4v) is 2.91. The molecule has 0 rings (SSSR count). The molecule has 0 aromatic carbocycles. The van der Waals surface area contributed by atoms with Gasteiger partial charge in [-0.1, -0.05) is 0 Å². The van der Waals surface area contributed by atoms with Crippen LogP contribution < -0.4 is 0 Å². The third kappa shape index (κ3) is 6.01. The zero-order valence-corrected chi connectivity index (χ0v) is 11.2. The van der Waals surface area contributed by atoms with E-state index in [1.165, 1.54) is 6.92 Å². The number of nitro groups is 1. The summed E-state index contributed by atoms with van der Waals surface area (Å²) < 4.78 is 22.1. The molecule has 9 heteroatoms. The molecule has 1 unspecified atom stereocenters. The van der Waals surface area contributed by atoms with E-state index in [2.05, 4.69) is 0 Å². The summed E-state index contributed by atoms with van der Waals surface area (Å²) in [5.74, 6) is 0.277. The van der Waals surface area contributed by atoms with Crippen LogP contribution in [0.2, 0.25) is 0 Å². The van der Waals surface area contributed by atoms with Crippen LogP contribution >= 0.6 is 30.8 Å². The van der Waals surface area contributed by atoms with Gasteiger partial charge in [-0.3, -0.25) is 14.7 Å². The lowest BCUT2D eigenvalue weighted by molar-refractivity contribution is -0.479. The molecule has 0 heterocycles. The summed E-state index contributed by atoms with van der Waals surface area (Å²) in [6.45, 7) is 0.986. The van der Waals surface area contributed by atoms with Crippen molar-refractivity contribution in [1.82, 2.24) is 0 Å². The van der Waals surface area contributed by atoms with Crippen LogP contribution in [-0.2, 0) is 13.6 Å². The maximum absolute atomic E-state index is 12.1. The number of rotatable bonds is 9. The Hall–Kier alpha value is 0.130. The lowest BCUT2D eigenvalue weighted by Gasteiger charge is -2.21. The van der Waals surface area contributed by atoms with E-state index in [9.17, 15) is 14.7 Å². The van der Waals surface area contributed by atoms with Crippen molar-refractivity contribution < 1.29 is 18.5 Å². The highest BCUT2D eigenvalue weighted by molar-refractivity contribution is 7.54. The Balaban J connectivity index is 4.49. The van der Waals surface area contributed by atoms with Crippen molar-refractivity contribution in [3.05, 3.63) is 10.1 Å². The third-order valence-electron chi connectivity index (χ3n) is 1.65. The molecule has 96 valence electrons. The van der Waals surface area contributed by atoms with Crippen LogP contribution in [0.5, 0.6) is 0 Å². The fourth-order valence-electron chi connectivity index (χ4n) is 0.931. The Labute approximate surface area is 104 Å². The van der Waals surface area contributed by atoms with Crippen LogP contribution in [0.4, 0.5) is 0 Å². The van der Waals surface area contributed by atoms with Gasteiger partial charge in [0.25, 0.3) is 0 Å². The highest BCUT2D eigenvalue weighted by atomic mass is 35.5. The Morgan fingerprint density at radius 2 is 1.75 bits per heavy atom. The minimum Gasteiger partial charge on any atom is -0.307 e. The van der Waals surface area contributed by atoms with Crippen molar-refractivity contribution >= 4 is 30.8 Å². The van der Waals surface area contributed by atoms with Crippen molar-refractivity contribution in [3.8, 4) is 0 Å². The number of hydrogen-bond donors (Lipinski definition) is 0. The molecule has 0 aromatic rings. The second-order valence-corrected chi connectivity index (χ2v) is 6.18. The highest BCUT2D eigenvalue weighted by Crippen LogP contribution is 2.52. The van der Waals surface area contributed by atoms with E-state index < -0.39 is 24.7 Å². The van der Waals surface area contributed by atoms with Gasteiger partial charge in [-0.05, 0) is 6.92 Å². The second-order valence-electron chi connectivity index (χ2n) is 2.95. The van der Waals surface area contributed by atoms with E-state index in [-0.39, 0.29) is 25.0 Å². The van der Waals surface area contributed by atoms with Crippen LogP contribution in [0.25, 0.3) is 0 Å². The Morgan fingerprint density at radius 1 is 1.31 bits per heavy atom. The van der Waals surface area contributed by atoms with E-state index >= 15 is 0 Å². The van der Waals surface area contributed by atoms with Gasteiger partial charge in [0.1, 0.15) is 5.66 Å². The normalized spacial score (nSPS) is 13.7. The molecule has 0 aliphatic rings. The average Bonchev–Trinajstić information content (AvgIpc) is 2.22. The van der Waals surface area contributed by atoms with E-state index in [1.807, 2.05) is 0 Å². The molecule has 16 heavy (non-hydrogen) atoms. The Bertz CT molecular complexity index is 253. The molecule has 0 aliphatic heterocycles. The first-order valence-electron chi connectivity index (χ1n) is 4.58. The largest absolute Gasteiger partial charge is 0.340 e. The zero-order chi connectivity index (χ0) is 12.6. The first-order chi connectivity index (χ1) is 7.46. The van der Waals surface area contributed by atoms with Gasteiger partial charge in [0.2, 0.25) is 6.54 Å². The van der Waals surface area contributed by atoms with Crippen LogP contribution in [0.1, 0.15) is 6.92 Å². The van der Waals surface area contributed by atoms with E-state index in [0.29, 0.717) is 0 Å². The summed E-state index contributed by atoms with van der Waals surface area (Å²) in [5.41, 5.74) is -0.825. The van der Waals surface area contributed by atoms with Gasteiger partial charge >= 0.3 is 7.60 Å². The van der Waals surface area contributed by atoms with Gasteiger partial charge in [0, 0.05) is 16.7 Å². The maximum Gasteiger partial charge on any atom is 0.340 e. The van der Waals surface area contributed by atoms with Gasteiger partial charge in [0.15, 0.2) is 0 Å². The molecule has 0 N–H and O–H groups in total. The molecular weight excluding hydrogens is 280 g/mol. The van der Waals surface area contributed by atoms with Gasteiger partial charge in [-0.25, -0.2) is 0 Å². The first-order valence-corrected chi connectivity index (χ1v) is 7.27. The van der Waals surface area contributed by atoms with E-state index in [4.69, 9.17) is 32.2 Å². The molecule has 0 bridgehead atoms. The minimum atomic E-state index is -3.51. The summed E-state index contributed by atoms with van der Waals surface area (Å²) in [7, 11) is -3.51. The summed E-state index contributed by atoms with van der Waals surface area (Å²) in [6.07, 6.45) is 0. The predicted octanol–water partition coefficient (Wildman–Crippen LogP) is 2.36. The van der Waals surface area contributed by atoms with Crippen molar-refractivity contribution in [2.24, 2.45) is 0 Å². The van der Waals surface area contributed by atoms with Crippen molar-refractivity contribution in [2.75, 3.05) is 31.5 Å². The first kappa shape index (κ1) is 16.1. The molecular formula is C7H14Cl2NO5P. The molecule has 0 aromatic heterocycles. The van der Waals surface area contributed by atoms with Gasteiger partial charge in [0.05, 0.1) is 13.2 Å². The lowest BCUT2D eigenvalue weighted by Crippen LogP contribution is -2.20. The number of alkyl halides is 2. The molecule has 0 radical (unpaired) electrons. The molecule has 0 aliphatic carbocycles. The average molecular weight is 294 g/mol. The van der Waals surface area contributed by atoms with Crippen LogP contribution in [0.15, 0.2) is 0 Å². The summed E-state index contributed by atoms with van der Waals surface area (Å²) >= 11 is 10.8. The van der Waals surface area contributed by atoms with Crippen molar-refractivity contribution in [2.45, 2.75) is 12.6 Å². The molecule has 0 saturated carbocycles.